The second-order valence-electron chi connectivity index (χ2n) is 7.29. The Labute approximate surface area is 187 Å². The Bertz CT molecular complexity index is 1340. The smallest absolute Gasteiger partial charge is 0.348 e. The number of aromatic nitrogens is 2. The van der Waals surface area contributed by atoms with E-state index in [0.717, 1.165) is 22.5 Å². The predicted octanol–water partition coefficient (Wildman–Crippen LogP) is 3.91. The molecule has 8 heteroatoms. The van der Waals surface area contributed by atoms with Gasteiger partial charge >= 0.3 is 11.9 Å². The first kappa shape index (κ1) is 21.5. The van der Waals surface area contributed by atoms with Gasteiger partial charge in [-0.3, -0.25) is 9.36 Å². The first-order valence-corrected chi connectivity index (χ1v) is 10.8. The van der Waals surface area contributed by atoms with E-state index in [0.29, 0.717) is 27.1 Å². The van der Waals surface area contributed by atoms with Crippen LogP contribution < -0.4 is 5.56 Å². The van der Waals surface area contributed by atoms with Crippen molar-refractivity contribution in [2.75, 3.05) is 6.61 Å². The number of rotatable bonds is 7. The van der Waals surface area contributed by atoms with E-state index in [1.165, 1.54) is 23.0 Å². The summed E-state index contributed by atoms with van der Waals surface area (Å²) in [5.41, 5.74) is 2.33. The molecule has 2 heterocycles. The van der Waals surface area contributed by atoms with E-state index in [1.807, 2.05) is 30.3 Å². The summed E-state index contributed by atoms with van der Waals surface area (Å²) in [7, 11) is 0. The molecule has 0 saturated carbocycles. The molecule has 32 heavy (non-hydrogen) atoms. The van der Waals surface area contributed by atoms with Crippen LogP contribution in [0.4, 0.5) is 0 Å². The number of esters is 1. The summed E-state index contributed by atoms with van der Waals surface area (Å²) in [5.74, 6) is -1.47. The minimum absolute atomic E-state index is 0.179. The van der Waals surface area contributed by atoms with Gasteiger partial charge in [0.05, 0.1) is 30.4 Å². The fourth-order valence-corrected chi connectivity index (χ4v) is 4.42. The number of nitrogens with zero attached hydrogens (tertiary/aromatic N) is 2. The highest BCUT2D eigenvalue weighted by atomic mass is 32.1. The SMILES string of the molecule is Cc1c(C(=O)OCCc2ccccc2)sc2ncn(Cc3ccc(C(=O)O)cc3)c(=O)c12. The molecule has 0 unspecified atom stereocenters. The van der Waals surface area contributed by atoms with Crippen molar-refractivity contribution in [1.82, 2.24) is 9.55 Å². The monoisotopic (exact) mass is 448 g/mol. The Hall–Kier alpha value is -3.78. The lowest BCUT2D eigenvalue weighted by molar-refractivity contribution is 0.0514. The van der Waals surface area contributed by atoms with Crippen LogP contribution in [-0.4, -0.2) is 33.2 Å². The van der Waals surface area contributed by atoms with E-state index in [4.69, 9.17) is 9.84 Å². The van der Waals surface area contributed by atoms with E-state index >= 15 is 0 Å². The predicted molar refractivity (Wildman–Crippen MR) is 122 cm³/mol. The Morgan fingerprint density at radius 1 is 1.06 bits per heavy atom. The van der Waals surface area contributed by atoms with Crippen molar-refractivity contribution in [3.63, 3.8) is 0 Å². The second kappa shape index (κ2) is 9.15. The molecule has 2 aromatic carbocycles. The molecule has 0 bridgehead atoms. The van der Waals surface area contributed by atoms with Gasteiger partial charge < -0.3 is 9.84 Å². The molecular weight excluding hydrogens is 428 g/mol. The zero-order valence-electron chi connectivity index (χ0n) is 17.3. The van der Waals surface area contributed by atoms with E-state index in [-0.39, 0.29) is 24.3 Å². The summed E-state index contributed by atoms with van der Waals surface area (Å²) in [6.45, 7) is 2.22. The van der Waals surface area contributed by atoms with E-state index < -0.39 is 11.9 Å². The molecule has 0 aliphatic rings. The van der Waals surface area contributed by atoms with Gasteiger partial charge in [-0.1, -0.05) is 42.5 Å². The lowest BCUT2D eigenvalue weighted by Gasteiger charge is -2.06. The maximum atomic E-state index is 13.0. The molecule has 0 saturated heterocycles. The summed E-state index contributed by atoms with van der Waals surface area (Å²) >= 11 is 1.15. The minimum atomic E-state index is -1.01. The van der Waals surface area contributed by atoms with Gasteiger partial charge in [-0.15, -0.1) is 11.3 Å². The highest BCUT2D eigenvalue weighted by Crippen LogP contribution is 2.27. The minimum Gasteiger partial charge on any atom is -0.478 e. The number of thiophene rings is 1. The van der Waals surface area contributed by atoms with Crippen LogP contribution in [0.25, 0.3) is 10.2 Å². The van der Waals surface area contributed by atoms with Crippen LogP contribution >= 0.6 is 11.3 Å². The third kappa shape index (κ3) is 4.45. The molecule has 0 spiro atoms. The molecular formula is C24H20N2O5S. The van der Waals surface area contributed by atoms with E-state index in [9.17, 15) is 14.4 Å². The van der Waals surface area contributed by atoms with Crippen LogP contribution in [0.3, 0.4) is 0 Å². The molecule has 0 aliphatic heterocycles. The molecule has 0 amide bonds. The van der Waals surface area contributed by atoms with Crippen LogP contribution in [0.15, 0.2) is 65.7 Å². The number of carbonyl (C=O) groups is 2. The van der Waals surface area contributed by atoms with Crippen LogP contribution in [-0.2, 0) is 17.7 Å². The lowest BCUT2D eigenvalue weighted by atomic mass is 10.1. The number of benzene rings is 2. The van der Waals surface area contributed by atoms with Gasteiger partial charge in [-0.2, -0.15) is 0 Å². The summed E-state index contributed by atoms with van der Waals surface area (Å²) < 4.78 is 6.87. The van der Waals surface area contributed by atoms with Gasteiger partial charge in [0.1, 0.15) is 9.71 Å². The van der Waals surface area contributed by atoms with Crippen molar-refractivity contribution in [3.8, 4) is 0 Å². The van der Waals surface area contributed by atoms with Gasteiger partial charge in [0, 0.05) is 6.42 Å². The molecule has 0 atom stereocenters. The summed E-state index contributed by atoms with van der Waals surface area (Å²) in [6, 6.07) is 16.1. The first-order chi connectivity index (χ1) is 15.4. The standard InChI is InChI=1S/C24H20N2O5S/c1-15-19-21(32-20(15)24(30)31-12-11-16-5-3-2-4-6-16)25-14-26(22(19)27)13-17-7-9-18(10-8-17)23(28)29/h2-10,14H,11-13H2,1H3,(H,28,29). The Morgan fingerprint density at radius 2 is 1.78 bits per heavy atom. The van der Waals surface area contributed by atoms with Gasteiger partial charge in [0.15, 0.2) is 0 Å². The number of carbonyl (C=O) groups excluding carboxylic acids is 1. The number of carboxylic acid groups (broad SMARTS) is 1. The molecule has 0 fully saturated rings. The molecule has 0 radical (unpaired) electrons. The van der Waals surface area contributed by atoms with Crippen molar-refractivity contribution >= 4 is 33.5 Å². The zero-order chi connectivity index (χ0) is 22.7. The van der Waals surface area contributed by atoms with Crippen LogP contribution in [0.1, 0.15) is 36.7 Å². The molecule has 162 valence electrons. The maximum Gasteiger partial charge on any atom is 0.348 e. The third-order valence-corrected chi connectivity index (χ3v) is 6.30. The lowest BCUT2D eigenvalue weighted by Crippen LogP contribution is -2.21. The first-order valence-electron chi connectivity index (χ1n) is 9.96. The van der Waals surface area contributed by atoms with Crippen molar-refractivity contribution < 1.29 is 19.4 Å². The van der Waals surface area contributed by atoms with Gasteiger partial charge in [-0.25, -0.2) is 14.6 Å². The van der Waals surface area contributed by atoms with E-state index in [2.05, 4.69) is 4.98 Å². The van der Waals surface area contributed by atoms with E-state index in [1.54, 1.807) is 19.1 Å². The molecule has 4 aromatic rings. The second-order valence-corrected chi connectivity index (χ2v) is 8.29. The Kier molecular flexibility index (Phi) is 6.13. The molecule has 7 nitrogen and oxygen atoms in total. The number of aryl methyl sites for hydroxylation is 1. The molecule has 0 aliphatic carbocycles. The van der Waals surface area contributed by atoms with Crippen LogP contribution in [0.2, 0.25) is 0 Å². The normalized spacial score (nSPS) is 10.9. The number of aromatic carboxylic acids is 1. The van der Waals surface area contributed by atoms with Crippen LogP contribution in [0.5, 0.6) is 0 Å². The average Bonchev–Trinajstić information content (AvgIpc) is 3.14. The Balaban J connectivity index is 1.53. The van der Waals surface area contributed by atoms with Crippen molar-refractivity contribution in [1.29, 1.82) is 0 Å². The summed E-state index contributed by atoms with van der Waals surface area (Å²) in [6.07, 6.45) is 2.05. The number of carboxylic acids is 1. The molecule has 2 aromatic heterocycles. The van der Waals surface area contributed by atoms with Crippen molar-refractivity contribution in [2.24, 2.45) is 0 Å². The quantitative estimate of drug-likeness (QED) is 0.431. The highest BCUT2D eigenvalue weighted by Gasteiger charge is 2.20. The fourth-order valence-electron chi connectivity index (χ4n) is 3.39. The summed E-state index contributed by atoms with van der Waals surface area (Å²) in [5, 5.41) is 9.41. The topological polar surface area (TPSA) is 98.5 Å². The van der Waals surface area contributed by atoms with Gasteiger partial charge in [0.25, 0.3) is 5.56 Å². The number of hydrogen-bond donors (Lipinski definition) is 1. The van der Waals surface area contributed by atoms with Crippen LogP contribution in [0, 0.1) is 6.92 Å². The molecule has 1 N–H and O–H groups in total. The average molecular weight is 449 g/mol. The fraction of sp³-hybridized carbons (Fsp3) is 0.167. The number of ether oxygens (including phenoxy) is 1. The summed E-state index contributed by atoms with van der Waals surface area (Å²) in [4.78, 5) is 41.9. The van der Waals surface area contributed by atoms with Gasteiger partial charge in [-0.05, 0) is 35.7 Å². The van der Waals surface area contributed by atoms with Crippen molar-refractivity contribution in [2.45, 2.75) is 19.9 Å². The largest absolute Gasteiger partial charge is 0.478 e. The zero-order valence-corrected chi connectivity index (χ0v) is 18.1. The third-order valence-electron chi connectivity index (χ3n) is 5.12. The maximum absolute atomic E-state index is 13.0. The van der Waals surface area contributed by atoms with Crippen molar-refractivity contribution in [3.05, 3.63) is 98.4 Å². The van der Waals surface area contributed by atoms with Gasteiger partial charge in [0.2, 0.25) is 0 Å². The highest BCUT2D eigenvalue weighted by molar-refractivity contribution is 7.20. The number of hydrogen-bond acceptors (Lipinski definition) is 6. The Morgan fingerprint density at radius 3 is 2.47 bits per heavy atom. The molecule has 4 rings (SSSR count). The number of fused-ring (bicyclic) bond motifs is 1.